The van der Waals surface area contributed by atoms with E-state index < -0.39 is 10.0 Å². The fourth-order valence-corrected chi connectivity index (χ4v) is 2.19. The average Bonchev–Trinajstić information content (AvgIpc) is 2.68. The van der Waals surface area contributed by atoms with Crippen LogP contribution in [-0.2, 0) is 10.0 Å². The molecule has 0 aliphatic carbocycles. The van der Waals surface area contributed by atoms with Crippen molar-refractivity contribution in [3.8, 4) is 5.82 Å². The van der Waals surface area contributed by atoms with Crippen molar-refractivity contribution < 1.29 is 8.42 Å². The molecule has 2 aromatic heterocycles. The minimum Gasteiger partial charge on any atom is -0.267 e. The van der Waals surface area contributed by atoms with E-state index in [1.165, 1.54) is 6.33 Å². The molecule has 102 valence electrons. The van der Waals surface area contributed by atoms with Gasteiger partial charge in [0.15, 0.2) is 5.82 Å². The molecule has 2 heterocycles. The third-order valence-electron chi connectivity index (χ3n) is 2.52. The first-order valence-electron chi connectivity index (χ1n) is 5.77. The molecule has 0 bridgehead atoms. The molecule has 7 nitrogen and oxygen atoms in total. The maximum absolute atomic E-state index is 11.5. The van der Waals surface area contributed by atoms with Crippen molar-refractivity contribution in [2.75, 3.05) is 10.5 Å². The lowest BCUT2D eigenvalue weighted by Crippen LogP contribution is -2.16. The van der Waals surface area contributed by atoms with Crippen LogP contribution in [0.25, 0.3) is 5.82 Å². The van der Waals surface area contributed by atoms with E-state index in [4.69, 9.17) is 0 Å². The first-order chi connectivity index (χ1) is 8.91. The standard InChI is InChI=1S/C11H15N5O2S/c1-4-19(17,18)15-10-6-11(13-7-12-10)16-9(3)5-8(2)14-16/h5-7H,4H2,1-3H3,(H,12,13,15). The number of hydrogen-bond acceptors (Lipinski definition) is 5. The van der Waals surface area contributed by atoms with Gasteiger partial charge in [-0.05, 0) is 26.8 Å². The van der Waals surface area contributed by atoms with E-state index in [1.807, 2.05) is 19.9 Å². The molecule has 0 saturated carbocycles. The van der Waals surface area contributed by atoms with Crippen LogP contribution >= 0.6 is 0 Å². The summed E-state index contributed by atoms with van der Waals surface area (Å²) in [6, 6.07) is 3.46. The van der Waals surface area contributed by atoms with Gasteiger partial charge in [-0.1, -0.05) is 0 Å². The van der Waals surface area contributed by atoms with E-state index >= 15 is 0 Å². The fourth-order valence-electron chi connectivity index (χ4n) is 1.61. The molecule has 2 rings (SSSR count). The summed E-state index contributed by atoms with van der Waals surface area (Å²) in [5, 5.41) is 4.29. The maximum Gasteiger partial charge on any atom is 0.233 e. The third-order valence-corrected chi connectivity index (χ3v) is 3.80. The lowest BCUT2D eigenvalue weighted by atomic mass is 10.4. The second-order valence-electron chi connectivity index (χ2n) is 4.11. The highest BCUT2D eigenvalue weighted by atomic mass is 32.2. The Kier molecular flexibility index (Phi) is 3.52. The number of nitrogens with one attached hydrogen (secondary N) is 1. The summed E-state index contributed by atoms with van der Waals surface area (Å²) in [5.41, 5.74) is 1.78. The van der Waals surface area contributed by atoms with E-state index in [-0.39, 0.29) is 11.6 Å². The summed E-state index contributed by atoms with van der Waals surface area (Å²) in [4.78, 5) is 7.99. The van der Waals surface area contributed by atoms with Crippen LogP contribution < -0.4 is 4.72 Å². The van der Waals surface area contributed by atoms with Crippen molar-refractivity contribution >= 4 is 15.8 Å². The van der Waals surface area contributed by atoms with Crippen molar-refractivity contribution in [3.05, 3.63) is 29.8 Å². The molecule has 0 unspecified atom stereocenters. The molecule has 0 fully saturated rings. The largest absolute Gasteiger partial charge is 0.267 e. The normalized spacial score (nSPS) is 11.5. The predicted octanol–water partition coefficient (Wildman–Crippen LogP) is 1.04. The Hall–Kier alpha value is -1.96. The zero-order valence-electron chi connectivity index (χ0n) is 11.0. The number of anilines is 1. The number of sulfonamides is 1. The van der Waals surface area contributed by atoms with Crippen LogP contribution in [0, 0.1) is 13.8 Å². The van der Waals surface area contributed by atoms with Crippen LogP contribution in [0.5, 0.6) is 0 Å². The van der Waals surface area contributed by atoms with E-state index in [9.17, 15) is 8.42 Å². The molecule has 8 heteroatoms. The Balaban J connectivity index is 2.37. The zero-order chi connectivity index (χ0) is 14.0. The van der Waals surface area contributed by atoms with Gasteiger partial charge in [-0.3, -0.25) is 4.72 Å². The molecule has 0 amide bonds. The number of aromatic nitrogens is 4. The van der Waals surface area contributed by atoms with Gasteiger partial charge in [0.2, 0.25) is 10.0 Å². The van der Waals surface area contributed by atoms with Gasteiger partial charge in [0.1, 0.15) is 12.1 Å². The molecule has 0 aliphatic heterocycles. The molecule has 19 heavy (non-hydrogen) atoms. The van der Waals surface area contributed by atoms with Gasteiger partial charge >= 0.3 is 0 Å². The van der Waals surface area contributed by atoms with Crippen molar-refractivity contribution in [3.63, 3.8) is 0 Å². The zero-order valence-corrected chi connectivity index (χ0v) is 11.8. The molecule has 0 atom stereocenters. The summed E-state index contributed by atoms with van der Waals surface area (Å²) in [6.07, 6.45) is 1.30. The SMILES string of the molecule is CCS(=O)(=O)Nc1cc(-n2nc(C)cc2C)ncn1. The highest BCUT2D eigenvalue weighted by Crippen LogP contribution is 2.13. The molecule has 1 N–H and O–H groups in total. The summed E-state index contributed by atoms with van der Waals surface area (Å²) in [5.74, 6) is 0.750. The minimum atomic E-state index is -3.35. The smallest absolute Gasteiger partial charge is 0.233 e. The lowest BCUT2D eigenvalue weighted by Gasteiger charge is -2.07. The van der Waals surface area contributed by atoms with Crippen LogP contribution in [0.15, 0.2) is 18.5 Å². The van der Waals surface area contributed by atoms with Gasteiger partial charge in [-0.2, -0.15) is 5.10 Å². The highest BCUT2D eigenvalue weighted by Gasteiger charge is 2.10. The lowest BCUT2D eigenvalue weighted by molar-refractivity contribution is 0.602. The Labute approximate surface area is 111 Å². The second-order valence-corrected chi connectivity index (χ2v) is 6.12. The van der Waals surface area contributed by atoms with Gasteiger partial charge in [0.05, 0.1) is 11.4 Å². The Morgan fingerprint density at radius 1 is 1.26 bits per heavy atom. The van der Waals surface area contributed by atoms with Gasteiger partial charge < -0.3 is 0 Å². The molecule has 0 aliphatic rings. The molecule has 2 aromatic rings. The Morgan fingerprint density at radius 3 is 2.58 bits per heavy atom. The first-order valence-corrected chi connectivity index (χ1v) is 7.42. The van der Waals surface area contributed by atoms with Gasteiger partial charge in [0.25, 0.3) is 0 Å². The van der Waals surface area contributed by atoms with Crippen molar-refractivity contribution in [2.45, 2.75) is 20.8 Å². The van der Waals surface area contributed by atoms with E-state index in [1.54, 1.807) is 17.7 Å². The number of rotatable bonds is 4. The Bertz CT molecular complexity index is 693. The molecule has 0 aromatic carbocycles. The van der Waals surface area contributed by atoms with Crippen LogP contribution in [0.3, 0.4) is 0 Å². The third kappa shape index (κ3) is 3.08. The van der Waals surface area contributed by atoms with Gasteiger partial charge in [0, 0.05) is 11.8 Å². The van der Waals surface area contributed by atoms with Crippen LogP contribution in [0.1, 0.15) is 18.3 Å². The predicted molar refractivity (Wildman–Crippen MR) is 71.7 cm³/mol. The summed E-state index contributed by atoms with van der Waals surface area (Å²) in [6.45, 7) is 5.34. The number of nitrogens with zero attached hydrogens (tertiary/aromatic N) is 4. The highest BCUT2D eigenvalue weighted by molar-refractivity contribution is 7.92. The molecule has 0 spiro atoms. The molecule has 0 saturated heterocycles. The van der Waals surface area contributed by atoms with Gasteiger partial charge in [-0.15, -0.1) is 0 Å². The monoisotopic (exact) mass is 281 g/mol. The molecular weight excluding hydrogens is 266 g/mol. The van der Waals surface area contributed by atoms with E-state index in [2.05, 4.69) is 19.8 Å². The number of hydrogen-bond donors (Lipinski definition) is 1. The topological polar surface area (TPSA) is 89.8 Å². The van der Waals surface area contributed by atoms with Crippen LogP contribution in [0.4, 0.5) is 5.82 Å². The van der Waals surface area contributed by atoms with E-state index in [0.717, 1.165) is 11.4 Å². The van der Waals surface area contributed by atoms with Crippen LogP contribution in [0.2, 0.25) is 0 Å². The van der Waals surface area contributed by atoms with Gasteiger partial charge in [-0.25, -0.2) is 23.1 Å². The Morgan fingerprint density at radius 2 is 2.00 bits per heavy atom. The van der Waals surface area contributed by atoms with Crippen molar-refractivity contribution in [2.24, 2.45) is 0 Å². The molecule has 0 radical (unpaired) electrons. The fraction of sp³-hybridized carbons (Fsp3) is 0.364. The summed E-state index contributed by atoms with van der Waals surface area (Å²) in [7, 11) is -3.35. The summed E-state index contributed by atoms with van der Waals surface area (Å²) >= 11 is 0. The molecular formula is C11H15N5O2S. The summed E-state index contributed by atoms with van der Waals surface area (Å²) < 4.78 is 27.0. The first kappa shape index (κ1) is 13.5. The maximum atomic E-state index is 11.5. The van der Waals surface area contributed by atoms with Crippen molar-refractivity contribution in [1.29, 1.82) is 0 Å². The minimum absolute atomic E-state index is 0.00770. The quantitative estimate of drug-likeness (QED) is 0.904. The number of aryl methyl sites for hydroxylation is 2. The second kappa shape index (κ2) is 4.96. The average molecular weight is 281 g/mol. The van der Waals surface area contributed by atoms with E-state index in [0.29, 0.717) is 5.82 Å². The van der Waals surface area contributed by atoms with Crippen LogP contribution in [-0.4, -0.2) is 33.9 Å². The van der Waals surface area contributed by atoms with Crippen molar-refractivity contribution in [1.82, 2.24) is 19.7 Å².